The number of aromatic nitrogens is 2. The van der Waals surface area contributed by atoms with Gasteiger partial charge in [0.1, 0.15) is 22.5 Å². The SMILES string of the molecule is Nc1ccc(-c2nc3ccc(-c4c(O)c(NC(=O)c5cccc(N)c5)c(-c5ccc6nc(-c7ccc(N)cc7)oc6c5)c(O)c4NC(=O)c4cccc(N)c4)cc3o2)cc1. The summed E-state index contributed by atoms with van der Waals surface area (Å²) >= 11 is 0. The number of nitrogens with zero attached hydrogens (tertiary/aromatic N) is 2. The lowest BCUT2D eigenvalue weighted by molar-refractivity contribution is 0.101. The van der Waals surface area contributed by atoms with Gasteiger partial charge in [-0.3, -0.25) is 9.59 Å². The number of nitrogens with two attached hydrogens (primary N) is 4. The monoisotopic (exact) mass is 794 g/mol. The Morgan fingerprint density at radius 1 is 0.467 bits per heavy atom. The summed E-state index contributed by atoms with van der Waals surface area (Å²) in [6.45, 7) is 0. The van der Waals surface area contributed by atoms with Crippen LogP contribution >= 0.6 is 0 Å². The molecule has 12 N–H and O–H groups in total. The van der Waals surface area contributed by atoms with Gasteiger partial charge in [-0.2, -0.15) is 0 Å². The number of hydrogen-bond acceptors (Lipinski definition) is 12. The molecule has 294 valence electrons. The van der Waals surface area contributed by atoms with Crippen molar-refractivity contribution < 1.29 is 28.6 Å². The third-order valence-corrected chi connectivity index (χ3v) is 9.89. The fourth-order valence-corrected chi connectivity index (χ4v) is 6.92. The van der Waals surface area contributed by atoms with E-state index in [1.165, 1.54) is 12.1 Å². The van der Waals surface area contributed by atoms with Gasteiger partial charge in [-0.05, 0) is 120 Å². The molecule has 9 rings (SSSR count). The number of nitrogens with one attached hydrogen (secondary N) is 2. The molecule has 0 fully saturated rings. The van der Waals surface area contributed by atoms with Gasteiger partial charge >= 0.3 is 0 Å². The first kappa shape index (κ1) is 36.8. The Labute approximate surface area is 340 Å². The minimum absolute atomic E-state index is 0.0462. The highest BCUT2D eigenvalue weighted by Crippen LogP contribution is 2.54. The lowest BCUT2D eigenvalue weighted by Gasteiger charge is -2.23. The van der Waals surface area contributed by atoms with Gasteiger partial charge < -0.3 is 52.6 Å². The molecule has 60 heavy (non-hydrogen) atoms. The van der Waals surface area contributed by atoms with Crippen molar-refractivity contribution in [3.05, 3.63) is 145 Å². The van der Waals surface area contributed by atoms with E-state index in [0.29, 0.717) is 79.0 Å². The molecule has 14 nitrogen and oxygen atoms in total. The number of rotatable bonds is 8. The predicted molar refractivity (Wildman–Crippen MR) is 233 cm³/mol. The van der Waals surface area contributed by atoms with Crippen molar-refractivity contribution in [2.45, 2.75) is 0 Å². The summed E-state index contributed by atoms with van der Waals surface area (Å²) in [5.41, 5.74) is 29.1. The van der Waals surface area contributed by atoms with Crippen LogP contribution in [-0.2, 0) is 0 Å². The number of carbonyl (C=O) groups excluding carboxylic acids is 2. The molecule has 0 saturated heterocycles. The molecule has 14 heteroatoms. The first-order chi connectivity index (χ1) is 29.0. The molecule has 2 heterocycles. The Morgan fingerprint density at radius 2 is 0.850 bits per heavy atom. The molecule has 9 aromatic rings. The Balaban J connectivity index is 1.26. The van der Waals surface area contributed by atoms with Crippen LogP contribution < -0.4 is 33.6 Å². The number of benzene rings is 7. The second-order valence-corrected chi connectivity index (χ2v) is 14.0. The van der Waals surface area contributed by atoms with Crippen LogP contribution in [0.3, 0.4) is 0 Å². The maximum Gasteiger partial charge on any atom is 0.255 e. The lowest BCUT2D eigenvalue weighted by atomic mass is 9.92. The number of carbonyl (C=O) groups is 2. The van der Waals surface area contributed by atoms with Crippen molar-refractivity contribution in [2.24, 2.45) is 0 Å². The van der Waals surface area contributed by atoms with Crippen molar-refractivity contribution in [1.29, 1.82) is 0 Å². The standard InChI is InChI=1S/C46H34N8O6/c47-29-13-7-23(8-14-29)45-51-33-17-11-25(21-35(33)59-45)37-39(53-43(57)27-3-1-5-31(49)19-27)41(55)38(40(42(37)56)54-44(58)28-4-2-6-32(50)20-28)26-12-18-34-36(22-26)60-46(52-34)24-9-15-30(48)16-10-24/h1-22,55-56H,47-50H2,(H,53,57)(H,54,58). The van der Waals surface area contributed by atoms with Crippen LogP contribution in [0.1, 0.15) is 20.7 Å². The number of nitrogen functional groups attached to an aromatic ring is 4. The van der Waals surface area contributed by atoms with Gasteiger partial charge in [-0.15, -0.1) is 0 Å². The van der Waals surface area contributed by atoms with Crippen molar-refractivity contribution in [1.82, 2.24) is 9.97 Å². The quantitative estimate of drug-likeness (QED) is 0.0408. The first-order valence-corrected chi connectivity index (χ1v) is 18.5. The number of oxazole rings is 2. The third-order valence-electron chi connectivity index (χ3n) is 9.89. The molecule has 0 atom stereocenters. The number of phenols is 2. The Kier molecular flexibility index (Phi) is 8.98. The largest absolute Gasteiger partial charge is 0.505 e. The summed E-state index contributed by atoms with van der Waals surface area (Å²) in [4.78, 5) is 37.2. The number of fused-ring (bicyclic) bond motifs is 2. The highest BCUT2D eigenvalue weighted by atomic mass is 16.4. The molecule has 0 aliphatic rings. The smallest absolute Gasteiger partial charge is 0.255 e. The average molecular weight is 795 g/mol. The van der Waals surface area contributed by atoms with Crippen molar-refractivity contribution >= 4 is 68.1 Å². The summed E-state index contributed by atoms with van der Waals surface area (Å²) < 4.78 is 12.3. The molecule has 0 radical (unpaired) electrons. The summed E-state index contributed by atoms with van der Waals surface area (Å²) in [5.74, 6) is -1.66. The number of phenolic OH excluding ortho intramolecular Hbond substituents is 2. The van der Waals surface area contributed by atoms with Crippen LogP contribution in [0.2, 0.25) is 0 Å². The Morgan fingerprint density at radius 3 is 1.23 bits per heavy atom. The lowest BCUT2D eigenvalue weighted by Crippen LogP contribution is -2.16. The molecule has 0 saturated carbocycles. The van der Waals surface area contributed by atoms with E-state index in [2.05, 4.69) is 20.6 Å². The van der Waals surface area contributed by atoms with E-state index in [1.54, 1.807) is 121 Å². The van der Waals surface area contributed by atoms with Crippen LogP contribution in [0.4, 0.5) is 34.1 Å². The number of hydrogen-bond donors (Lipinski definition) is 8. The van der Waals surface area contributed by atoms with E-state index in [9.17, 15) is 19.8 Å². The van der Waals surface area contributed by atoms with Crippen LogP contribution in [0, 0.1) is 0 Å². The van der Waals surface area contributed by atoms with Crippen molar-refractivity contribution in [2.75, 3.05) is 33.6 Å². The number of aromatic hydroxyl groups is 2. The maximum absolute atomic E-state index is 14.0. The number of amides is 2. The molecule has 0 unspecified atom stereocenters. The molecule has 0 spiro atoms. The normalized spacial score (nSPS) is 11.2. The maximum atomic E-state index is 14.0. The van der Waals surface area contributed by atoms with Gasteiger partial charge in [0.05, 0.1) is 22.5 Å². The van der Waals surface area contributed by atoms with E-state index in [1.807, 2.05) is 0 Å². The van der Waals surface area contributed by atoms with Crippen molar-refractivity contribution in [3.8, 4) is 56.7 Å². The van der Waals surface area contributed by atoms with Gasteiger partial charge in [-0.25, -0.2) is 9.97 Å². The molecule has 2 aromatic heterocycles. The molecular formula is C46H34N8O6. The van der Waals surface area contributed by atoms with Crippen LogP contribution in [-0.4, -0.2) is 32.0 Å². The third kappa shape index (κ3) is 6.85. The van der Waals surface area contributed by atoms with Gasteiger partial charge in [0.2, 0.25) is 11.8 Å². The Hall–Kier alpha value is -8.78. The van der Waals surface area contributed by atoms with Gasteiger partial charge in [-0.1, -0.05) is 24.3 Å². The molecule has 7 aromatic carbocycles. The highest BCUT2D eigenvalue weighted by molar-refractivity contribution is 6.15. The Bertz CT molecular complexity index is 2940. The molecule has 0 bridgehead atoms. The van der Waals surface area contributed by atoms with Crippen LogP contribution in [0.25, 0.3) is 67.4 Å². The second kappa shape index (κ2) is 14.6. The van der Waals surface area contributed by atoms with Crippen molar-refractivity contribution in [3.63, 3.8) is 0 Å². The summed E-state index contributed by atoms with van der Waals surface area (Å²) in [7, 11) is 0. The molecule has 0 aliphatic heterocycles. The topological polar surface area (TPSA) is 255 Å². The molecule has 0 aliphatic carbocycles. The van der Waals surface area contributed by atoms with Gasteiger partial charge in [0, 0.05) is 45.0 Å². The van der Waals surface area contributed by atoms with E-state index in [4.69, 9.17) is 31.8 Å². The zero-order chi connectivity index (χ0) is 41.7. The van der Waals surface area contributed by atoms with Gasteiger partial charge in [0.25, 0.3) is 11.8 Å². The fourth-order valence-electron chi connectivity index (χ4n) is 6.92. The zero-order valence-corrected chi connectivity index (χ0v) is 31.4. The highest BCUT2D eigenvalue weighted by Gasteiger charge is 2.30. The van der Waals surface area contributed by atoms with Crippen LogP contribution in [0.5, 0.6) is 11.5 Å². The summed E-state index contributed by atoms with van der Waals surface area (Å²) in [5, 5.41) is 30.6. The summed E-state index contributed by atoms with van der Waals surface area (Å²) in [6.07, 6.45) is 0. The van der Waals surface area contributed by atoms with E-state index in [-0.39, 0.29) is 33.6 Å². The van der Waals surface area contributed by atoms with E-state index >= 15 is 0 Å². The van der Waals surface area contributed by atoms with Gasteiger partial charge in [0.15, 0.2) is 11.2 Å². The predicted octanol–water partition coefficient (Wildman–Crippen LogP) is 8.88. The summed E-state index contributed by atoms with van der Waals surface area (Å²) in [6, 6.07) is 36.4. The minimum atomic E-state index is -0.647. The van der Waals surface area contributed by atoms with E-state index in [0.717, 1.165) is 0 Å². The fraction of sp³-hybridized carbons (Fsp3) is 0. The first-order valence-electron chi connectivity index (χ1n) is 18.5. The molecule has 2 amide bonds. The van der Waals surface area contributed by atoms with Crippen LogP contribution in [0.15, 0.2) is 142 Å². The zero-order valence-electron chi connectivity index (χ0n) is 31.4. The number of anilines is 6. The molecular weight excluding hydrogens is 761 g/mol. The second-order valence-electron chi connectivity index (χ2n) is 14.0. The van der Waals surface area contributed by atoms with E-state index < -0.39 is 23.3 Å². The average Bonchev–Trinajstić information content (AvgIpc) is 3.87. The minimum Gasteiger partial charge on any atom is -0.505 e.